The van der Waals surface area contributed by atoms with Gasteiger partial charge in [0.05, 0.1) is 0 Å². The normalized spacial score (nSPS) is 33.9. The lowest BCUT2D eigenvalue weighted by Crippen LogP contribution is -2.44. The van der Waals surface area contributed by atoms with Gasteiger partial charge in [-0.3, -0.25) is 4.90 Å². The molecule has 0 N–H and O–H groups in total. The Labute approximate surface area is 108 Å². The predicted molar refractivity (Wildman–Crippen MR) is 75.2 cm³/mol. The first kappa shape index (κ1) is 13.4. The van der Waals surface area contributed by atoms with Crippen LogP contribution in [0, 0.1) is 11.8 Å². The molecule has 0 radical (unpaired) electrons. The van der Waals surface area contributed by atoms with Crippen LogP contribution in [-0.4, -0.2) is 24.0 Å². The Morgan fingerprint density at radius 3 is 2.76 bits per heavy atom. The Morgan fingerprint density at radius 2 is 2.00 bits per heavy atom. The second-order valence-electron chi connectivity index (χ2n) is 6.32. The highest BCUT2D eigenvalue weighted by Crippen LogP contribution is 2.37. The molecule has 1 nitrogen and oxygen atoms in total. The molecular formula is C16H31N. The SMILES string of the molecule is CCCCCCC1CC(CC)CN2CCCC12. The molecule has 2 aliphatic rings. The second-order valence-corrected chi connectivity index (χ2v) is 6.32. The molecule has 0 aromatic rings. The van der Waals surface area contributed by atoms with Gasteiger partial charge in [-0.2, -0.15) is 0 Å². The van der Waals surface area contributed by atoms with E-state index < -0.39 is 0 Å². The zero-order chi connectivity index (χ0) is 12.1. The van der Waals surface area contributed by atoms with Crippen LogP contribution in [0.1, 0.15) is 71.6 Å². The number of piperidine rings is 1. The van der Waals surface area contributed by atoms with Crippen molar-refractivity contribution in [1.29, 1.82) is 0 Å². The van der Waals surface area contributed by atoms with Crippen molar-refractivity contribution in [2.45, 2.75) is 77.7 Å². The van der Waals surface area contributed by atoms with Crippen LogP contribution in [0.2, 0.25) is 0 Å². The van der Waals surface area contributed by atoms with Crippen LogP contribution in [-0.2, 0) is 0 Å². The fraction of sp³-hybridized carbons (Fsp3) is 1.00. The summed E-state index contributed by atoms with van der Waals surface area (Å²) in [7, 11) is 0. The van der Waals surface area contributed by atoms with Crippen molar-refractivity contribution >= 4 is 0 Å². The van der Waals surface area contributed by atoms with Gasteiger partial charge < -0.3 is 0 Å². The predicted octanol–water partition coefficient (Wildman–Crippen LogP) is 4.47. The van der Waals surface area contributed by atoms with Crippen LogP contribution in [0.3, 0.4) is 0 Å². The molecule has 2 saturated heterocycles. The maximum absolute atomic E-state index is 2.82. The lowest BCUT2D eigenvalue weighted by Gasteiger charge is -2.41. The van der Waals surface area contributed by atoms with Gasteiger partial charge >= 0.3 is 0 Å². The average molecular weight is 237 g/mol. The Hall–Kier alpha value is -0.0400. The fourth-order valence-electron chi connectivity index (χ4n) is 4.04. The molecule has 2 heterocycles. The molecule has 2 fully saturated rings. The highest BCUT2D eigenvalue weighted by Gasteiger charge is 2.37. The van der Waals surface area contributed by atoms with Crippen molar-refractivity contribution in [2.75, 3.05) is 13.1 Å². The number of fused-ring (bicyclic) bond motifs is 1. The zero-order valence-electron chi connectivity index (χ0n) is 12.0. The van der Waals surface area contributed by atoms with Crippen LogP contribution in [0.5, 0.6) is 0 Å². The highest BCUT2D eigenvalue weighted by molar-refractivity contribution is 4.91. The Kier molecular flexibility index (Phi) is 5.34. The first-order valence-electron chi connectivity index (χ1n) is 8.09. The molecule has 0 bridgehead atoms. The lowest BCUT2D eigenvalue weighted by atomic mass is 9.79. The van der Waals surface area contributed by atoms with E-state index in [1.807, 2.05) is 0 Å². The number of nitrogens with zero attached hydrogens (tertiary/aromatic N) is 1. The van der Waals surface area contributed by atoms with Crippen molar-refractivity contribution in [3.63, 3.8) is 0 Å². The van der Waals surface area contributed by atoms with Crippen molar-refractivity contribution in [3.05, 3.63) is 0 Å². The van der Waals surface area contributed by atoms with Gasteiger partial charge in [0, 0.05) is 12.6 Å². The summed E-state index contributed by atoms with van der Waals surface area (Å²) in [6.07, 6.45) is 13.2. The van der Waals surface area contributed by atoms with Gasteiger partial charge in [-0.1, -0.05) is 46.0 Å². The molecule has 0 amide bonds. The molecule has 3 unspecified atom stereocenters. The fourth-order valence-corrected chi connectivity index (χ4v) is 4.04. The van der Waals surface area contributed by atoms with Crippen LogP contribution < -0.4 is 0 Å². The average Bonchev–Trinajstić information content (AvgIpc) is 2.82. The van der Waals surface area contributed by atoms with E-state index >= 15 is 0 Å². The molecule has 0 aliphatic carbocycles. The third kappa shape index (κ3) is 3.47. The maximum atomic E-state index is 2.82. The smallest absolute Gasteiger partial charge is 0.0124 e. The van der Waals surface area contributed by atoms with E-state index in [0.29, 0.717) is 0 Å². The minimum atomic E-state index is 0.972. The van der Waals surface area contributed by atoms with Gasteiger partial charge in [-0.05, 0) is 44.1 Å². The van der Waals surface area contributed by atoms with Crippen LogP contribution in [0.4, 0.5) is 0 Å². The highest BCUT2D eigenvalue weighted by atomic mass is 15.2. The monoisotopic (exact) mass is 237 g/mol. The van der Waals surface area contributed by atoms with E-state index in [0.717, 1.165) is 17.9 Å². The molecule has 0 aromatic heterocycles. The van der Waals surface area contributed by atoms with Gasteiger partial charge in [0.25, 0.3) is 0 Å². The van der Waals surface area contributed by atoms with Gasteiger partial charge in [0.15, 0.2) is 0 Å². The Balaban J connectivity index is 1.80. The molecule has 17 heavy (non-hydrogen) atoms. The third-order valence-corrected chi connectivity index (χ3v) is 5.09. The molecule has 0 saturated carbocycles. The summed E-state index contributed by atoms with van der Waals surface area (Å²) in [6.45, 7) is 7.50. The van der Waals surface area contributed by atoms with E-state index in [9.17, 15) is 0 Å². The topological polar surface area (TPSA) is 3.24 Å². The van der Waals surface area contributed by atoms with Crippen LogP contribution in [0.15, 0.2) is 0 Å². The summed E-state index contributed by atoms with van der Waals surface area (Å²) < 4.78 is 0. The van der Waals surface area contributed by atoms with Crippen molar-refractivity contribution < 1.29 is 0 Å². The number of hydrogen-bond donors (Lipinski definition) is 0. The first-order valence-corrected chi connectivity index (χ1v) is 8.09. The molecule has 100 valence electrons. The molecule has 3 atom stereocenters. The third-order valence-electron chi connectivity index (χ3n) is 5.09. The lowest BCUT2D eigenvalue weighted by molar-refractivity contribution is 0.0807. The molecule has 1 heteroatoms. The molecule has 0 spiro atoms. The van der Waals surface area contributed by atoms with Crippen LogP contribution >= 0.6 is 0 Å². The van der Waals surface area contributed by atoms with Crippen molar-refractivity contribution in [1.82, 2.24) is 4.90 Å². The van der Waals surface area contributed by atoms with Gasteiger partial charge in [0.2, 0.25) is 0 Å². The van der Waals surface area contributed by atoms with E-state index in [1.54, 1.807) is 0 Å². The Bertz CT molecular complexity index is 214. The summed E-state index contributed by atoms with van der Waals surface area (Å²) in [5, 5.41) is 0. The summed E-state index contributed by atoms with van der Waals surface area (Å²) in [5.74, 6) is 2.04. The summed E-state index contributed by atoms with van der Waals surface area (Å²) in [6, 6.07) is 0.972. The minimum absolute atomic E-state index is 0.972. The first-order chi connectivity index (χ1) is 8.35. The number of unbranched alkanes of at least 4 members (excludes halogenated alkanes) is 3. The maximum Gasteiger partial charge on any atom is 0.0124 e. The van der Waals surface area contributed by atoms with E-state index in [1.165, 1.54) is 70.9 Å². The van der Waals surface area contributed by atoms with E-state index in [4.69, 9.17) is 0 Å². The Morgan fingerprint density at radius 1 is 1.12 bits per heavy atom. The summed E-state index contributed by atoms with van der Waals surface area (Å²) in [4.78, 5) is 2.82. The van der Waals surface area contributed by atoms with Gasteiger partial charge in [-0.15, -0.1) is 0 Å². The largest absolute Gasteiger partial charge is 0.300 e. The van der Waals surface area contributed by atoms with Crippen molar-refractivity contribution in [2.24, 2.45) is 11.8 Å². The quantitative estimate of drug-likeness (QED) is 0.616. The summed E-state index contributed by atoms with van der Waals surface area (Å²) >= 11 is 0. The number of rotatable bonds is 6. The molecule has 2 aliphatic heterocycles. The van der Waals surface area contributed by atoms with Crippen LogP contribution in [0.25, 0.3) is 0 Å². The molecule has 0 aromatic carbocycles. The van der Waals surface area contributed by atoms with Gasteiger partial charge in [0.1, 0.15) is 0 Å². The van der Waals surface area contributed by atoms with E-state index in [-0.39, 0.29) is 0 Å². The standard InChI is InChI=1S/C16H31N/c1-3-5-6-7-9-15-12-14(4-2)13-17-11-8-10-16(15)17/h14-16H,3-13H2,1-2H3. The molecular weight excluding hydrogens is 206 g/mol. The molecule has 2 rings (SSSR count). The van der Waals surface area contributed by atoms with Crippen molar-refractivity contribution in [3.8, 4) is 0 Å². The van der Waals surface area contributed by atoms with E-state index in [2.05, 4.69) is 18.7 Å². The second kappa shape index (κ2) is 6.78. The summed E-state index contributed by atoms with van der Waals surface area (Å²) in [5.41, 5.74) is 0. The van der Waals surface area contributed by atoms with Gasteiger partial charge in [-0.25, -0.2) is 0 Å². The zero-order valence-corrected chi connectivity index (χ0v) is 12.0. The minimum Gasteiger partial charge on any atom is -0.300 e. The number of hydrogen-bond acceptors (Lipinski definition) is 1.